The molecule has 1 aromatic heterocycles. The minimum Gasteiger partial charge on any atom is -0.493 e. The molecule has 3 aromatic rings. The Balaban J connectivity index is 1.77. The fraction of sp³-hybridized carbons (Fsp3) is 0.310. The number of aromatic nitrogens is 1. The molecule has 0 radical (unpaired) electrons. The Kier molecular flexibility index (Phi) is 7.60. The Morgan fingerprint density at radius 1 is 1.16 bits per heavy atom. The van der Waals surface area contributed by atoms with Crippen molar-refractivity contribution in [1.29, 1.82) is 0 Å². The highest BCUT2D eigenvalue weighted by atomic mass is 32.2. The molecular weight excluding hydrogens is 505 g/mol. The molecule has 4 rings (SSSR count). The van der Waals surface area contributed by atoms with Crippen LogP contribution in [-0.4, -0.2) is 38.0 Å². The van der Waals surface area contributed by atoms with Gasteiger partial charge in [0.2, 0.25) is 0 Å². The van der Waals surface area contributed by atoms with Gasteiger partial charge in [-0.25, -0.2) is 22.5 Å². The van der Waals surface area contributed by atoms with Gasteiger partial charge < -0.3 is 9.64 Å². The van der Waals surface area contributed by atoms with E-state index in [-0.39, 0.29) is 16.4 Å². The minimum absolute atomic E-state index is 0.0250. The molecule has 38 heavy (non-hydrogen) atoms. The maximum atomic E-state index is 14.5. The topological polar surface area (TPSA) is 88.6 Å². The molecule has 0 aliphatic carbocycles. The van der Waals surface area contributed by atoms with Crippen molar-refractivity contribution in [3.05, 3.63) is 84.2 Å². The molecule has 1 amide bonds. The van der Waals surface area contributed by atoms with Crippen LogP contribution in [0.15, 0.2) is 77.7 Å². The van der Waals surface area contributed by atoms with Crippen molar-refractivity contribution in [3.63, 3.8) is 0 Å². The van der Waals surface area contributed by atoms with Crippen molar-refractivity contribution in [2.75, 3.05) is 18.1 Å². The third-order valence-corrected chi connectivity index (χ3v) is 7.55. The standard InChI is InChI=1S/C29H32FN3O4S/c1-19(2)18-37-23-14-21(13-22(30)15-23)26-12-11-25(27(31-26)33-17-20(3)16-29(33,4)5)28(34)32-38(35,36)24-9-7-6-8-10-24/h6-15,19H,3,16-18H2,1-2,4-5H3,(H,32,34). The van der Waals surface area contributed by atoms with Crippen molar-refractivity contribution in [3.8, 4) is 17.0 Å². The number of amides is 1. The maximum Gasteiger partial charge on any atom is 0.268 e. The Morgan fingerprint density at radius 2 is 1.87 bits per heavy atom. The van der Waals surface area contributed by atoms with Gasteiger partial charge in [0.25, 0.3) is 15.9 Å². The minimum atomic E-state index is -4.10. The predicted molar refractivity (Wildman–Crippen MR) is 146 cm³/mol. The number of pyridine rings is 1. The Bertz CT molecular complexity index is 1470. The lowest BCUT2D eigenvalue weighted by Gasteiger charge is -2.33. The SMILES string of the molecule is C=C1CN(c2nc(-c3cc(F)cc(OCC(C)C)c3)ccc2C(=O)NS(=O)(=O)c2ccccc2)C(C)(C)C1. The third kappa shape index (κ3) is 6.05. The summed E-state index contributed by atoms with van der Waals surface area (Å²) in [5.74, 6) is -0.350. The highest BCUT2D eigenvalue weighted by Crippen LogP contribution is 2.38. The molecule has 9 heteroatoms. The average Bonchev–Trinajstić information content (AvgIpc) is 3.13. The summed E-state index contributed by atoms with van der Waals surface area (Å²) in [4.78, 5) is 20.0. The van der Waals surface area contributed by atoms with Gasteiger partial charge in [0.1, 0.15) is 17.4 Å². The monoisotopic (exact) mass is 537 g/mol. The van der Waals surface area contributed by atoms with E-state index in [1.807, 2.05) is 32.6 Å². The predicted octanol–water partition coefficient (Wildman–Crippen LogP) is 5.59. The second-order valence-electron chi connectivity index (χ2n) is 10.5. The van der Waals surface area contributed by atoms with Gasteiger partial charge in [-0.3, -0.25) is 4.79 Å². The summed E-state index contributed by atoms with van der Waals surface area (Å²) in [6.07, 6.45) is 0.676. The summed E-state index contributed by atoms with van der Waals surface area (Å²) >= 11 is 0. The summed E-state index contributed by atoms with van der Waals surface area (Å²) < 4.78 is 48.1. The van der Waals surface area contributed by atoms with E-state index in [1.165, 1.54) is 30.3 Å². The molecule has 1 saturated heterocycles. The molecule has 0 spiro atoms. The highest BCUT2D eigenvalue weighted by Gasteiger charge is 2.37. The number of anilines is 1. The molecule has 1 aliphatic heterocycles. The number of rotatable bonds is 8. The molecule has 0 saturated carbocycles. The van der Waals surface area contributed by atoms with Crippen molar-refractivity contribution in [2.24, 2.45) is 5.92 Å². The number of carbonyl (C=O) groups excluding carboxylic acids is 1. The lowest BCUT2D eigenvalue weighted by Crippen LogP contribution is -2.41. The van der Waals surface area contributed by atoms with Crippen LogP contribution in [0.5, 0.6) is 5.75 Å². The van der Waals surface area contributed by atoms with Crippen molar-refractivity contribution >= 4 is 21.7 Å². The molecule has 200 valence electrons. The van der Waals surface area contributed by atoms with Crippen LogP contribution in [0.4, 0.5) is 10.2 Å². The molecule has 2 aromatic carbocycles. The molecule has 1 aliphatic rings. The summed E-state index contributed by atoms with van der Waals surface area (Å²) in [5.41, 5.74) is 1.52. The zero-order valence-electron chi connectivity index (χ0n) is 22.0. The van der Waals surface area contributed by atoms with E-state index in [0.717, 1.165) is 5.57 Å². The van der Waals surface area contributed by atoms with Gasteiger partial charge in [-0.1, -0.05) is 44.2 Å². The first kappa shape index (κ1) is 27.3. The van der Waals surface area contributed by atoms with Crippen molar-refractivity contribution in [1.82, 2.24) is 9.71 Å². The average molecular weight is 538 g/mol. The van der Waals surface area contributed by atoms with E-state index in [4.69, 9.17) is 9.72 Å². The lowest BCUT2D eigenvalue weighted by atomic mass is 10.00. The van der Waals surface area contributed by atoms with Crippen molar-refractivity contribution in [2.45, 2.75) is 44.6 Å². The van der Waals surface area contributed by atoms with E-state index in [9.17, 15) is 17.6 Å². The fourth-order valence-electron chi connectivity index (χ4n) is 4.45. The van der Waals surface area contributed by atoms with Crippen LogP contribution in [0.3, 0.4) is 0 Å². The van der Waals surface area contributed by atoms with E-state index < -0.39 is 27.3 Å². The first-order valence-electron chi connectivity index (χ1n) is 12.4. The largest absolute Gasteiger partial charge is 0.493 e. The first-order valence-corrected chi connectivity index (χ1v) is 13.9. The summed E-state index contributed by atoms with van der Waals surface area (Å²) in [5, 5.41) is 0. The fourth-order valence-corrected chi connectivity index (χ4v) is 5.43. The normalized spacial score (nSPS) is 15.1. The van der Waals surface area contributed by atoms with E-state index in [2.05, 4.69) is 11.3 Å². The van der Waals surface area contributed by atoms with Crippen LogP contribution in [0.25, 0.3) is 11.3 Å². The maximum absolute atomic E-state index is 14.5. The van der Waals surface area contributed by atoms with Gasteiger partial charge in [0, 0.05) is 23.7 Å². The summed E-state index contributed by atoms with van der Waals surface area (Å²) in [7, 11) is -4.10. The molecule has 0 unspecified atom stereocenters. The quantitative estimate of drug-likeness (QED) is 0.377. The van der Waals surface area contributed by atoms with E-state index in [1.54, 1.807) is 30.3 Å². The Morgan fingerprint density at radius 3 is 2.50 bits per heavy atom. The lowest BCUT2D eigenvalue weighted by molar-refractivity contribution is 0.0981. The second kappa shape index (κ2) is 10.6. The van der Waals surface area contributed by atoms with Crippen LogP contribution in [0.2, 0.25) is 0 Å². The van der Waals surface area contributed by atoms with Crippen molar-refractivity contribution < 1.29 is 22.3 Å². The third-order valence-electron chi connectivity index (χ3n) is 6.20. The van der Waals surface area contributed by atoms with Crippen LogP contribution in [0, 0.1) is 11.7 Å². The van der Waals surface area contributed by atoms with Gasteiger partial charge in [0.15, 0.2) is 0 Å². The number of nitrogens with one attached hydrogen (secondary N) is 1. The zero-order chi connectivity index (χ0) is 27.7. The van der Waals surface area contributed by atoms with Crippen LogP contribution in [-0.2, 0) is 10.0 Å². The molecule has 1 N–H and O–H groups in total. The smallest absolute Gasteiger partial charge is 0.268 e. The van der Waals surface area contributed by atoms with Gasteiger partial charge >= 0.3 is 0 Å². The highest BCUT2D eigenvalue weighted by molar-refractivity contribution is 7.90. The number of sulfonamides is 1. The summed E-state index contributed by atoms with van der Waals surface area (Å²) in [6.45, 7) is 13.0. The number of carbonyl (C=O) groups is 1. The first-order chi connectivity index (χ1) is 17.9. The van der Waals surface area contributed by atoms with Gasteiger partial charge in [0.05, 0.1) is 22.8 Å². The molecular formula is C29H32FN3O4S. The number of hydrogen-bond donors (Lipinski definition) is 1. The van der Waals surface area contributed by atoms with Crippen LogP contribution in [0.1, 0.15) is 44.5 Å². The number of ether oxygens (including phenoxy) is 1. The van der Waals surface area contributed by atoms with Crippen LogP contribution >= 0.6 is 0 Å². The molecule has 0 atom stereocenters. The molecule has 0 bridgehead atoms. The molecule has 1 fully saturated rings. The molecule has 2 heterocycles. The van der Waals surface area contributed by atoms with E-state index in [0.29, 0.717) is 42.4 Å². The Hall–Kier alpha value is -3.72. The number of halogens is 1. The zero-order valence-corrected chi connectivity index (χ0v) is 22.8. The second-order valence-corrected chi connectivity index (χ2v) is 12.2. The number of hydrogen-bond acceptors (Lipinski definition) is 6. The molecule has 7 nitrogen and oxygen atoms in total. The van der Waals surface area contributed by atoms with Crippen LogP contribution < -0.4 is 14.4 Å². The van der Waals surface area contributed by atoms with Gasteiger partial charge in [-0.2, -0.15) is 0 Å². The summed E-state index contributed by atoms with van der Waals surface area (Å²) in [6, 6.07) is 15.1. The van der Waals surface area contributed by atoms with Gasteiger partial charge in [-0.15, -0.1) is 0 Å². The van der Waals surface area contributed by atoms with E-state index >= 15 is 0 Å². The Labute approximate surface area is 223 Å². The number of nitrogens with zero attached hydrogens (tertiary/aromatic N) is 2. The number of benzene rings is 2. The van der Waals surface area contributed by atoms with Gasteiger partial charge in [-0.05, 0) is 62.6 Å².